The fourth-order valence-corrected chi connectivity index (χ4v) is 1.98. The van der Waals surface area contributed by atoms with Gasteiger partial charge in [-0.2, -0.15) is 5.26 Å². The summed E-state index contributed by atoms with van der Waals surface area (Å²) in [6, 6.07) is 1.80. The summed E-state index contributed by atoms with van der Waals surface area (Å²) in [5.74, 6) is -0.896. The number of carbonyl (C=O) groups excluding carboxylic acids is 1. The second kappa shape index (κ2) is 6.40. The van der Waals surface area contributed by atoms with Gasteiger partial charge < -0.3 is 4.74 Å². The molecule has 1 aromatic rings. The van der Waals surface area contributed by atoms with Gasteiger partial charge in [0.15, 0.2) is 0 Å². The molecular formula is C11H9BrF2N2O2. The molecule has 1 rings (SSSR count). The highest BCUT2D eigenvalue weighted by molar-refractivity contribution is 9.08. The number of hydrogen-bond donors (Lipinski definition) is 0. The molecule has 0 saturated heterocycles. The number of nitriles is 1. The Morgan fingerprint density at radius 3 is 2.78 bits per heavy atom. The largest absolute Gasteiger partial charge is 0.462 e. The number of ether oxygens (including phenoxy) is 1. The van der Waals surface area contributed by atoms with Crippen LogP contribution in [0.25, 0.3) is 0 Å². The molecule has 0 radical (unpaired) electrons. The van der Waals surface area contributed by atoms with Crippen LogP contribution in [0.1, 0.15) is 40.5 Å². The van der Waals surface area contributed by atoms with Crippen molar-refractivity contribution < 1.29 is 18.3 Å². The van der Waals surface area contributed by atoms with Crippen molar-refractivity contribution in [1.82, 2.24) is 4.98 Å². The normalized spacial score (nSPS) is 10.2. The second-order valence-corrected chi connectivity index (χ2v) is 3.74. The number of aromatic nitrogens is 1. The molecule has 0 aliphatic carbocycles. The summed E-state index contributed by atoms with van der Waals surface area (Å²) < 4.78 is 30.3. The van der Waals surface area contributed by atoms with Crippen LogP contribution in [-0.4, -0.2) is 17.6 Å². The van der Waals surface area contributed by atoms with Gasteiger partial charge in [-0.05, 0) is 12.5 Å². The highest BCUT2D eigenvalue weighted by Crippen LogP contribution is 2.27. The molecule has 0 atom stereocenters. The number of esters is 1. The summed E-state index contributed by atoms with van der Waals surface area (Å²) in [4.78, 5) is 15.2. The molecule has 1 heterocycles. The van der Waals surface area contributed by atoms with Crippen molar-refractivity contribution in [3.05, 3.63) is 28.6 Å². The van der Waals surface area contributed by atoms with E-state index < -0.39 is 18.1 Å². The number of carbonyl (C=O) groups is 1. The molecule has 0 N–H and O–H groups in total. The van der Waals surface area contributed by atoms with Gasteiger partial charge in [0.05, 0.1) is 17.7 Å². The van der Waals surface area contributed by atoms with E-state index in [1.54, 1.807) is 13.0 Å². The summed E-state index contributed by atoms with van der Waals surface area (Å²) >= 11 is 3.07. The maximum absolute atomic E-state index is 12.8. The highest BCUT2D eigenvalue weighted by atomic mass is 79.9. The molecule has 4 nitrogen and oxygen atoms in total. The van der Waals surface area contributed by atoms with Gasteiger partial charge in [-0.15, -0.1) is 0 Å². The first-order valence-corrected chi connectivity index (χ1v) is 6.12. The predicted octanol–water partition coefficient (Wildman–Crippen LogP) is 2.96. The third-order valence-corrected chi connectivity index (χ3v) is 2.72. The lowest BCUT2D eigenvalue weighted by Crippen LogP contribution is -2.14. The zero-order valence-electron chi connectivity index (χ0n) is 9.41. The van der Waals surface area contributed by atoms with Crippen LogP contribution < -0.4 is 0 Å². The van der Waals surface area contributed by atoms with Gasteiger partial charge in [0.2, 0.25) is 0 Å². The van der Waals surface area contributed by atoms with E-state index in [-0.39, 0.29) is 28.6 Å². The number of halogens is 3. The van der Waals surface area contributed by atoms with E-state index in [0.29, 0.717) is 0 Å². The SMILES string of the molecule is CCOC(=O)c1c(C(F)F)ncc(C#N)c1CBr. The van der Waals surface area contributed by atoms with Crippen LogP contribution in [-0.2, 0) is 10.1 Å². The number of pyridine rings is 1. The topological polar surface area (TPSA) is 63.0 Å². The molecule has 0 bridgehead atoms. The van der Waals surface area contributed by atoms with E-state index in [0.717, 1.165) is 6.20 Å². The Morgan fingerprint density at radius 1 is 1.67 bits per heavy atom. The van der Waals surface area contributed by atoms with Crippen molar-refractivity contribution in [2.24, 2.45) is 0 Å². The van der Waals surface area contributed by atoms with Gasteiger partial charge in [-0.1, -0.05) is 15.9 Å². The van der Waals surface area contributed by atoms with Crippen molar-refractivity contribution >= 4 is 21.9 Å². The lowest BCUT2D eigenvalue weighted by Gasteiger charge is -2.12. The Hall–Kier alpha value is -1.55. The first-order valence-electron chi connectivity index (χ1n) is 4.99. The average molecular weight is 319 g/mol. The van der Waals surface area contributed by atoms with Crippen LogP contribution in [0, 0.1) is 11.3 Å². The van der Waals surface area contributed by atoms with Crippen molar-refractivity contribution in [3.8, 4) is 6.07 Å². The summed E-state index contributed by atoms with van der Waals surface area (Å²) in [5, 5.41) is 8.95. The molecule has 0 unspecified atom stereocenters. The molecule has 1 aromatic heterocycles. The number of hydrogen-bond acceptors (Lipinski definition) is 4. The van der Waals surface area contributed by atoms with E-state index in [2.05, 4.69) is 20.9 Å². The maximum Gasteiger partial charge on any atom is 0.340 e. The van der Waals surface area contributed by atoms with E-state index >= 15 is 0 Å². The summed E-state index contributed by atoms with van der Waals surface area (Å²) in [7, 11) is 0. The van der Waals surface area contributed by atoms with Crippen LogP contribution in [0.4, 0.5) is 8.78 Å². The zero-order valence-corrected chi connectivity index (χ0v) is 11.0. The van der Waals surface area contributed by atoms with Crippen LogP contribution in [0.3, 0.4) is 0 Å². The Bertz CT molecular complexity index is 501. The van der Waals surface area contributed by atoms with E-state index in [9.17, 15) is 13.6 Å². The Morgan fingerprint density at radius 2 is 2.33 bits per heavy atom. The van der Waals surface area contributed by atoms with Gasteiger partial charge in [0.1, 0.15) is 11.8 Å². The van der Waals surface area contributed by atoms with Gasteiger partial charge in [0.25, 0.3) is 6.43 Å². The number of rotatable bonds is 4. The van der Waals surface area contributed by atoms with Crippen molar-refractivity contribution in [2.45, 2.75) is 18.7 Å². The Kier molecular flexibility index (Phi) is 5.16. The minimum atomic E-state index is -2.91. The van der Waals surface area contributed by atoms with Crippen LogP contribution in [0.5, 0.6) is 0 Å². The molecular weight excluding hydrogens is 310 g/mol. The molecule has 7 heteroatoms. The van der Waals surface area contributed by atoms with Crippen molar-refractivity contribution in [3.63, 3.8) is 0 Å². The molecule has 0 aliphatic rings. The monoisotopic (exact) mass is 318 g/mol. The van der Waals surface area contributed by atoms with Gasteiger partial charge in [0, 0.05) is 11.5 Å². The van der Waals surface area contributed by atoms with Crippen molar-refractivity contribution in [2.75, 3.05) is 6.61 Å². The van der Waals surface area contributed by atoms with E-state index in [1.807, 2.05) is 0 Å². The van der Waals surface area contributed by atoms with Crippen LogP contribution in [0.2, 0.25) is 0 Å². The maximum atomic E-state index is 12.8. The molecule has 96 valence electrons. The highest BCUT2D eigenvalue weighted by Gasteiger charge is 2.26. The third kappa shape index (κ3) is 2.82. The number of alkyl halides is 3. The summed E-state index contributed by atoms with van der Waals surface area (Å²) in [6.45, 7) is 1.62. The summed E-state index contributed by atoms with van der Waals surface area (Å²) in [5.41, 5.74) is -0.759. The van der Waals surface area contributed by atoms with Gasteiger partial charge in [-0.3, -0.25) is 4.98 Å². The predicted molar refractivity (Wildman–Crippen MR) is 62.5 cm³/mol. The molecule has 0 aliphatic heterocycles. The summed E-state index contributed by atoms with van der Waals surface area (Å²) in [6.07, 6.45) is -1.88. The lowest BCUT2D eigenvalue weighted by molar-refractivity contribution is 0.0512. The standard InChI is InChI=1S/C11H9BrF2N2O2/c1-2-18-11(17)8-7(3-12)6(4-15)5-16-9(8)10(13)14/h5,10H,2-3H2,1H3. The smallest absolute Gasteiger partial charge is 0.340 e. The average Bonchev–Trinajstić information content (AvgIpc) is 2.36. The third-order valence-electron chi connectivity index (χ3n) is 2.16. The molecule has 0 amide bonds. The first-order chi connectivity index (χ1) is 8.56. The molecule has 18 heavy (non-hydrogen) atoms. The first kappa shape index (κ1) is 14.5. The van der Waals surface area contributed by atoms with E-state index in [4.69, 9.17) is 10.00 Å². The van der Waals surface area contributed by atoms with Gasteiger partial charge in [-0.25, -0.2) is 13.6 Å². The minimum absolute atomic E-state index is 0.0556. The fraction of sp³-hybridized carbons (Fsp3) is 0.364. The minimum Gasteiger partial charge on any atom is -0.462 e. The Balaban J connectivity index is 3.49. The quantitative estimate of drug-likeness (QED) is 0.632. The lowest BCUT2D eigenvalue weighted by atomic mass is 10.0. The molecule has 0 spiro atoms. The van der Waals surface area contributed by atoms with Crippen LogP contribution >= 0.6 is 15.9 Å². The van der Waals surface area contributed by atoms with Crippen molar-refractivity contribution in [1.29, 1.82) is 5.26 Å². The zero-order chi connectivity index (χ0) is 13.7. The molecule has 0 aromatic carbocycles. The van der Waals surface area contributed by atoms with Gasteiger partial charge >= 0.3 is 5.97 Å². The second-order valence-electron chi connectivity index (χ2n) is 3.18. The van der Waals surface area contributed by atoms with E-state index in [1.165, 1.54) is 0 Å². The fourth-order valence-electron chi connectivity index (χ4n) is 1.40. The molecule has 0 fully saturated rings. The Labute approximate surface area is 111 Å². The number of nitrogens with zero attached hydrogens (tertiary/aromatic N) is 2. The van der Waals surface area contributed by atoms with Crippen LogP contribution in [0.15, 0.2) is 6.20 Å². The molecule has 0 saturated carbocycles.